The summed E-state index contributed by atoms with van der Waals surface area (Å²) < 4.78 is 17.1. The fourth-order valence-electron chi connectivity index (χ4n) is 5.17. The summed E-state index contributed by atoms with van der Waals surface area (Å²) in [7, 11) is 0. The summed E-state index contributed by atoms with van der Waals surface area (Å²) in [6.45, 7) is 11.8. The predicted octanol–water partition coefficient (Wildman–Crippen LogP) is -0.188. The van der Waals surface area contributed by atoms with Crippen molar-refractivity contribution in [2.24, 2.45) is 17.8 Å². The van der Waals surface area contributed by atoms with E-state index in [4.69, 9.17) is 14.2 Å². The maximum atomic E-state index is 12.1. The third-order valence-corrected chi connectivity index (χ3v) is 6.89. The van der Waals surface area contributed by atoms with Crippen LogP contribution in [0.2, 0.25) is 0 Å². The van der Waals surface area contributed by atoms with Gasteiger partial charge in [0.2, 0.25) is 0 Å². The third-order valence-electron chi connectivity index (χ3n) is 6.89. The van der Waals surface area contributed by atoms with Gasteiger partial charge < -0.3 is 34.6 Å². The van der Waals surface area contributed by atoms with Crippen molar-refractivity contribution >= 4 is 5.97 Å². The highest BCUT2D eigenvalue weighted by Crippen LogP contribution is 2.53. The number of allylic oxidation sites excluding steroid dienone is 1. The van der Waals surface area contributed by atoms with Crippen LogP contribution in [0.3, 0.4) is 0 Å². The minimum absolute atomic E-state index is 0.00564. The van der Waals surface area contributed by atoms with Crippen LogP contribution in [0.5, 0.6) is 0 Å². The Kier molecular flexibility index (Phi) is 5.43. The van der Waals surface area contributed by atoms with Gasteiger partial charge in [0.15, 0.2) is 6.29 Å². The molecule has 10 atom stereocenters. The molecule has 29 heavy (non-hydrogen) atoms. The van der Waals surface area contributed by atoms with Crippen molar-refractivity contribution in [1.82, 2.24) is 0 Å². The second-order valence-corrected chi connectivity index (χ2v) is 8.46. The number of hydrogen-bond donors (Lipinski definition) is 4. The van der Waals surface area contributed by atoms with Crippen LogP contribution in [-0.2, 0) is 19.0 Å². The second-order valence-electron chi connectivity index (χ2n) is 8.46. The quantitative estimate of drug-likeness (QED) is 0.288. The molecule has 2 saturated heterocycles. The Hall–Kier alpha value is -1.55. The van der Waals surface area contributed by atoms with Crippen molar-refractivity contribution in [3.63, 3.8) is 0 Å². The van der Waals surface area contributed by atoms with E-state index < -0.39 is 43.4 Å². The zero-order chi connectivity index (χ0) is 21.0. The maximum Gasteiger partial charge on any atom is 0.334 e. The summed E-state index contributed by atoms with van der Waals surface area (Å²) in [6.07, 6.45) is -5.57. The molecule has 4 N–H and O–H groups in total. The maximum absolute atomic E-state index is 12.1. The smallest absolute Gasteiger partial charge is 0.334 e. The molecule has 160 valence electrons. The Morgan fingerprint density at radius 3 is 2.48 bits per heavy atom. The Morgan fingerprint density at radius 2 is 1.79 bits per heavy atom. The van der Waals surface area contributed by atoms with Crippen LogP contribution in [0.15, 0.2) is 36.5 Å². The SMILES string of the molecule is C=C1[C@@H]2[C@H]3OC(=O)C(=C)[C@@H]3CCC(=C)[C@@H]2C[C@@H]1O[C@@H]1OC(CO)[C@@H](O)C(O)[C@H]1O. The lowest BCUT2D eigenvalue weighted by Crippen LogP contribution is -2.59. The van der Waals surface area contributed by atoms with Gasteiger partial charge in [-0.15, -0.1) is 0 Å². The monoisotopic (exact) mass is 408 g/mol. The zero-order valence-corrected chi connectivity index (χ0v) is 16.1. The lowest BCUT2D eigenvalue weighted by molar-refractivity contribution is -0.308. The molecule has 2 aliphatic heterocycles. The van der Waals surface area contributed by atoms with Crippen LogP contribution in [0, 0.1) is 17.8 Å². The molecular formula is C21H28O8. The van der Waals surface area contributed by atoms with Crippen molar-refractivity contribution in [3.05, 3.63) is 36.5 Å². The van der Waals surface area contributed by atoms with Crippen molar-refractivity contribution in [2.75, 3.05) is 6.61 Å². The van der Waals surface area contributed by atoms with Crippen LogP contribution >= 0.6 is 0 Å². The van der Waals surface area contributed by atoms with Gasteiger partial charge in [0.1, 0.15) is 30.5 Å². The van der Waals surface area contributed by atoms with Gasteiger partial charge in [0.25, 0.3) is 0 Å². The number of aliphatic hydroxyl groups is 4. The normalized spacial score (nSPS) is 47.6. The Bertz CT molecular complexity index is 730. The summed E-state index contributed by atoms with van der Waals surface area (Å²) in [6, 6.07) is 0. The first-order valence-electron chi connectivity index (χ1n) is 9.96. The molecule has 0 aromatic heterocycles. The number of hydrogen-bond acceptors (Lipinski definition) is 8. The third kappa shape index (κ3) is 3.28. The number of esters is 1. The molecule has 0 aromatic rings. The van der Waals surface area contributed by atoms with Crippen LogP contribution in [-0.4, -0.2) is 75.9 Å². The van der Waals surface area contributed by atoms with Crippen molar-refractivity contribution in [3.8, 4) is 0 Å². The number of carbonyl (C=O) groups is 1. The highest BCUT2D eigenvalue weighted by Gasteiger charge is 2.54. The lowest BCUT2D eigenvalue weighted by Gasteiger charge is -2.40. The first-order valence-corrected chi connectivity index (χ1v) is 9.96. The molecule has 8 heteroatoms. The Labute approximate surface area is 169 Å². The average molecular weight is 408 g/mol. The molecule has 4 aliphatic rings. The standard InChI is InChI=1S/C21H28O8/c1-8-4-5-11-9(2)20(26)29-19(11)15-10(3)13(6-12(8)15)27-21-18(25)17(24)16(23)14(7-22)28-21/h11-19,21-25H,1-7H2/t11-,12-,13-,14?,15-,16+,17?,18+,19-,21+/m0/s1. The highest BCUT2D eigenvalue weighted by molar-refractivity contribution is 5.91. The van der Waals surface area contributed by atoms with Crippen molar-refractivity contribution in [1.29, 1.82) is 0 Å². The van der Waals surface area contributed by atoms with E-state index in [1.807, 2.05) is 0 Å². The lowest BCUT2D eigenvalue weighted by atomic mass is 9.82. The van der Waals surface area contributed by atoms with Crippen LogP contribution in [0.25, 0.3) is 0 Å². The van der Waals surface area contributed by atoms with Gasteiger partial charge in [-0.1, -0.05) is 25.3 Å². The topological polar surface area (TPSA) is 126 Å². The molecular weight excluding hydrogens is 380 g/mol. The van der Waals surface area contributed by atoms with E-state index in [9.17, 15) is 25.2 Å². The summed E-state index contributed by atoms with van der Waals surface area (Å²) in [5.74, 6) is -0.631. The first kappa shape index (κ1) is 20.7. The fraction of sp³-hybridized carbons (Fsp3) is 0.667. The minimum Gasteiger partial charge on any atom is -0.458 e. The molecule has 0 spiro atoms. The number of fused-ring (bicyclic) bond motifs is 3. The van der Waals surface area contributed by atoms with E-state index >= 15 is 0 Å². The van der Waals surface area contributed by atoms with Crippen LogP contribution < -0.4 is 0 Å². The molecule has 0 bridgehead atoms. The summed E-state index contributed by atoms with van der Waals surface area (Å²) in [5.41, 5.74) is 2.23. The molecule has 2 aliphatic carbocycles. The van der Waals surface area contributed by atoms with Gasteiger partial charge >= 0.3 is 5.97 Å². The molecule has 8 nitrogen and oxygen atoms in total. The molecule has 2 heterocycles. The number of ether oxygens (including phenoxy) is 3. The largest absolute Gasteiger partial charge is 0.458 e. The second kappa shape index (κ2) is 7.61. The van der Waals surface area contributed by atoms with Gasteiger partial charge in [-0.2, -0.15) is 0 Å². The minimum atomic E-state index is -1.51. The summed E-state index contributed by atoms with van der Waals surface area (Å²) in [5, 5.41) is 39.6. The van der Waals surface area contributed by atoms with E-state index in [2.05, 4.69) is 19.7 Å². The fourth-order valence-corrected chi connectivity index (χ4v) is 5.17. The molecule has 4 fully saturated rings. The van der Waals surface area contributed by atoms with Crippen LogP contribution in [0.1, 0.15) is 19.3 Å². The number of carbonyl (C=O) groups excluding carboxylic acids is 1. The summed E-state index contributed by atoms with van der Waals surface area (Å²) in [4.78, 5) is 12.1. The van der Waals surface area contributed by atoms with Gasteiger partial charge in [0.05, 0.1) is 12.7 Å². The molecule has 0 amide bonds. The van der Waals surface area contributed by atoms with E-state index in [0.29, 0.717) is 17.6 Å². The molecule has 0 radical (unpaired) electrons. The molecule has 4 rings (SSSR count). The van der Waals surface area contributed by atoms with Gasteiger partial charge in [-0.05, 0) is 30.8 Å². The molecule has 2 unspecified atom stereocenters. The van der Waals surface area contributed by atoms with E-state index in [1.165, 1.54) is 0 Å². The van der Waals surface area contributed by atoms with Crippen LogP contribution in [0.4, 0.5) is 0 Å². The molecule has 2 saturated carbocycles. The van der Waals surface area contributed by atoms with Gasteiger partial charge in [0, 0.05) is 17.4 Å². The predicted molar refractivity (Wildman–Crippen MR) is 100 cm³/mol. The van der Waals surface area contributed by atoms with E-state index in [1.54, 1.807) is 0 Å². The van der Waals surface area contributed by atoms with Crippen molar-refractivity contribution < 1.29 is 39.4 Å². The number of rotatable bonds is 3. The highest BCUT2D eigenvalue weighted by atomic mass is 16.7. The van der Waals surface area contributed by atoms with E-state index in [-0.39, 0.29) is 29.8 Å². The number of aliphatic hydroxyl groups excluding tert-OH is 4. The molecule has 0 aromatic carbocycles. The van der Waals surface area contributed by atoms with Gasteiger partial charge in [-0.3, -0.25) is 0 Å². The first-order chi connectivity index (χ1) is 13.7. The summed E-state index contributed by atoms with van der Waals surface area (Å²) >= 11 is 0. The van der Waals surface area contributed by atoms with Crippen molar-refractivity contribution in [2.45, 2.75) is 62.2 Å². The van der Waals surface area contributed by atoms with E-state index in [0.717, 1.165) is 18.4 Å². The van der Waals surface area contributed by atoms with Gasteiger partial charge in [-0.25, -0.2) is 4.79 Å². The average Bonchev–Trinajstić information content (AvgIpc) is 3.11. The Morgan fingerprint density at radius 1 is 1.07 bits per heavy atom. The Balaban J connectivity index is 1.54. The zero-order valence-electron chi connectivity index (χ0n) is 16.1.